The molecule has 0 saturated heterocycles. The monoisotopic (exact) mass is 260 g/mol. The zero-order chi connectivity index (χ0) is 13.8. The first-order chi connectivity index (χ1) is 9.13. The molecule has 0 radical (unpaired) electrons. The molecule has 2 heterocycles. The van der Waals surface area contributed by atoms with Crippen LogP contribution in [0.15, 0.2) is 18.5 Å². The fourth-order valence-corrected chi connectivity index (χ4v) is 1.46. The molecule has 0 bridgehead atoms. The molecular formula is C12H16N6O. The van der Waals surface area contributed by atoms with Crippen LogP contribution in [0.25, 0.3) is 11.4 Å². The van der Waals surface area contributed by atoms with Gasteiger partial charge < -0.3 is 15.0 Å². The van der Waals surface area contributed by atoms with Crippen molar-refractivity contribution in [2.75, 3.05) is 38.5 Å². The summed E-state index contributed by atoms with van der Waals surface area (Å²) in [6, 6.07) is 1.83. The van der Waals surface area contributed by atoms with Crippen molar-refractivity contribution >= 4 is 11.9 Å². The average molecular weight is 260 g/mol. The number of hydrogen-bond donors (Lipinski definition) is 1. The van der Waals surface area contributed by atoms with E-state index in [1.165, 1.54) is 0 Å². The minimum absolute atomic E-state index is 0.511. The Balaban J connectivity index is 2.50. The van der Waals surface area contributed by atoms with Crippen molar-refractivity contribution in [3.63, 3.8) is 0 Å². The lowest BCUT2D eigenvalue weighted by Gasteiger charge is -2.12. The van der Waals surface area contributed by atoms with E-state index >= 15 is 0 Å². The summed E-state index contributed by atoms with van der Waals surface area (Å²) in [6.45, 7) is 0. The molecule has 2 aromatic rings. The van der Waals surface area contributed by atoms with E-state index in [1.54, 1.807) is 26.6 Å². The first-order valence-electron chi connectivity index (χ1n) is 5.74. The lowest BCUT2D eigenvalue weighted by molar-refractivity contribution is 0.413. The molecule has 0 spiro atoms. The minimum Gasteiger partial charge on any atom is -0.495 e. The third-order valence-corrected chi connectivity index (χ3v) is 2.45. The fraction of sp³-hybridized carbons (Fsp3) is 0.333. The van der Waals surface area contributed by atoms with E-state index < -0.39 is 0 Å². The molecule has 0 unspecified atom stereocenters. The summed E-state index contributed by atoms with van der Waals surface area (Å²) in [7, 11) is 7.12. The number of nitrogens with zero attached hydrogens (tertiary/aromatic N) is 5. The van der Waals surface area contributed by atoms with Gasteiger partial charge in [0.15, 0.2) is 5.82 Å². The number of pyridine rings is 1. The predicted molar refractivity (Wildman–Crippen MR) is 73.5 cm³/mol. The third-order valence-electron chi connectivity index (χ3n) is 2.45. The molecule has 0 amide bonds. The summed E-state index contributed by atoms with van der Waals surface area (Å²) >= 11 is 0. The summed E-state index contributed by atoms with van der Waals surface area (Å²) in [5.74, 6) is 2.30. The summed E-state index contributed by atoms with van der Waals surface area (Å²) in [5.41, 5.74) is 0.779. The molecule has 19 heavy (non-hydrogen) atoms. The van der Waals surface area contributed by atoms with Gasteiger partial charge in [0.1, 0.15) is 5.75 Å². The van der Waals surface area contributed by atoms with Gasteiger partial charge in [-0.3, -0.25) is 4.98 Å². The van der Waals surface area contributed by atoms with E-state index in [0.717, 1.165) is 5.56 Å². The van der Waals surface area contributed by atoms with Crippen molar-refractivity contribution in [2.45, 2.75) is 0 Å². The number of aromatic nitrogens is 4. The topological polar surface area (TPSA) is 76.1 Å². The number of nitrogens with one attached hydrogen (secondary N) is 1. The van der Waals surface area contributed by atoms with Crippen LogP contribution in [-0.4, -0.2) is 48.2 Å². The molecule has 100 valence electrons. The Kier molecular flexibility index (Phi) is 3.74. The highest BCUT2D eigenvalue weighted by Gasteiger charge is 2.10. The molecular weight excluding hydrogens is 244 g/mol. The van der Waals surface area contributed by atoms with E-state index in [9.17, 15) is 0 Å². The van der Waals surface area contributed by atoms with Gasteiger partial charge in [0, 0.05) is 32.9 Å². The first-order valence-corrected chi connectivity index (χ1v) is 5.74. The van der Waals surface area contributed by atoms with E-state index in [-0.39, 0.29) is 0 Å². The van der Waals surface area contributed by atoms with Gasteiger partial charge in [-0.1, -0.05) is 0 Å². The highest BCUT2D eigenvalue weighted by Crippen LogP contribution is 2.21. The molecule has 7 heteroatoms. The van der Waals surface area contributed by atoms with Crippen molar-refractivity contribution in [3.05, 3.63) is 18.5 Å². The SMILES string of the molecule is CNc1nc(-c2cncc(OC)c2)nc(N(C)C)n1. The Hall–Kier alpha value is -2.44. The first kappa shape index (κ1) is 13.0. The second kappa shape index (κ2) is 5.47. The highest BCUT2D eigenvalue weighted by atomic mass is 16.5. The Morgan fingerprint density at radius 3 is 2.58 bits per heavy atom. The molecule has 0 saturated carbocycles. The zero-order valence-corrected chi connectivity index (χ0v) is 11.4. The molecule has 7 nitrogen and oxygen atoms in total. The number of methoxy groups -OCH3 is 1. The largest absolute Gasteiger partial charge is 0.495 e. The molecule has 0 aliphatic rings. The number of hydrogen-bond acceptors (Lipinski definition) is 7. The highest BCUT2D eigenvalue weighted by molar-refractivity contribution is 5.58. The Morgan fingerprint density at radius 1 is 1.16 bits per heavy atom. The predicted octanol–water partition coefficient (Wildman–Crippen LogP) is 1.05. The average Bonchev–Trinajstić information content (AvgIpc) is 2.46. The van der Waals surface area contributed by atoms with Crippen LogP contribution in [0.3, 0.4) is 0 Å². The normalized spacial score (nSPS) is 10.1. The second-order valence-corrected chi connectivity index (χ2v) is 4.04. The smallest absolute Gasteiger partial charge is 0.230 e. The summed E-state index contributed by atoms with van der Waals surface area (Å²) in [4.78, 5) is 18.9. The van der Waals surface area contributed by atoms with E-state index in [2.05, 4.69) is 25.3 Å². The summed E-state index contributed by atoms with van der Waals surface area (Å²) < 4.78 is 5.15. The maximum Gasteiger partial charge on any atom is 0.230 e. The summed E-state index contributed by atoms with van der Waals surface area (Å²) in [5, 5.41) is 2.92. The summed E-state index contributed by atoms with van der Waals surface area (Å²) in [6.07, 6.45) is 3.33. The van der Waals surface area contributed by atoms with Gasteiger partial charge in [0.05, 0.1) is 13.3 Å². The number of anilines is 2. The Labute approximate surface area is 111 Å². The second-order valence-electron chi connectivity index (χ2n) is 4.04. The number of rotatable bonds is 4. The van der Waals surface area contributed by atoms with Gasteiger partial charge in [-0.15, -0.1) is 0 Å². The molecule has 2 rings (SSSR count). The van der Waals surface area contributed by atoms with Crippen molar-refractivity contribution < 1.29 is 4.74 Å². The Bertz CT molecular complexity index is 572. The third kappa shape index (κ3) is 2.87. The van der Waals surface area contributed by atoms with Gasteiger partial charge in [-0.25, -0.2) is 0 Å². The molecule has 0 aliphatic carbocycles. The molecule has 1 N–H and O–H groups in total. The van der Waals surface area contributed by atoms with Gasteiger partial charge >= 0.3 is 0 Å². The van der Waals surface area contributed by atoms with Crippen LogP contribution in [0.2, 0.25) is 0 Å². The van der Waals surface area contributed by atoms with Crippen molar-refractivity contribution in [3.8, 4) is 17.1 Å². The van der Waals surface area contributed by atoms with Crippen molar-refractivity contribution in [1.82, 2.24) is 19.9 Å². The van der Waals surface area contributed by atoms with Gasteiger partial charge in [0.2, 0.25) is 11.9 Å². The Morgan fingerprint density at radius 2 is 1.95 bits per heavy atom. The molecule has 0 aliphatic heterocycles. The van der Waals surface area contributed by atoms with Crippen molar-refractivity contribution in [1.29, 1.82) is 0 Å². The molecule has 0 aromatic carbocycles. The standard InChI is InChI=1S/C12H16N6O/c1-13-11-15-10(16-12(17-11)18(2)3)8-5-9(19-4)7-14-6-8/h5-7H,1-4H3,(H,13,15,16,17). The molecule has 0 fully saturated rings. The quantitative estimate of drug-likeness (QED) is 0.880. The fourth-order valence-electron chi connectivity index (χ4n) is 1.46. The van der Waals surface area contributed by atoms with Crippen LogP contribution in [0.1, 0.15) is 0 Å². The minimum atomic E-state index is 0.511. The van der Waals surface area contributed by atoms with Crippen molar-refractivity contribution in [2.24, 2.45) is 0 Å². The van der Waals surface area contributed by atoms with Gasteiger partial charge in [-0.05, 0) is 6.07 Å². The lowest BCUT2D eigenvalue weighted by atomic mass is 10.2. The van der Waals surface area contributed by atoms with Crippen LogP contribution in [-0.2, 0) is 0 Å². The number of ether oxygens (including phenoxy) is 1. The maximum atomic E-state index is 5.15. The van der Waals surface area contributed by atoms with E-state index in [4.69, 9.17) is 4.74 Å². The van der Waals surface area contributed by atoms with Crippen LogP contribution in [0, 0.1) is 0 Å². The van der Waals surface area contributed by atoms with E-state index in [0.29, 0.717) is 23.5 Å². The van der Waals surface area contributed by atoms with Crippen LogP contribution < -0.4 is 15.0 Å². The van der Waals surface area contributed by atoms with Crippen LogP contribution in [0.4, 0.5) is 11.9 Å². The molecule has 2 aromatic heterocycles. The van der Waals surface area contributed by atoms with Crippen LogP contribution >= 0.6 is 0 Å². The molecule has 0 atom stereocenters. The van der Waals surface area contributed by atoms with Crippen LogP contribution in [0.5, 0.6) is 5.75 Å². The van der Waals surface area contributed by atoms with Gasteiger partial charge in [-0.2, -0.15) is 15.0 Å². The van der Waals surface area contributed by atoms with E-state index in [1.807, 2.05) is 25.1 Å². The zero-order valence-electron chi connectivity index (χ0n) is 11.4. The van der Waals surface area contributed by atoms with Gasteiger partial charge in [0.25, 0.3) is 0 Å². The lowest BCUT2D eigenvalue weighted by Crippen LogP contribution is -2.15. The maximum absolute atomic E-state index is 5.15.